The number of ether oxygens (including phenoxy) is 1. The van der Waals surface area contributed by atoms with Crippen LogP contribution in [0.4, 0.5) is 13.2 Å². The molecule has 66 valence electrons. The molecule has 0 unspecified atom stereocenters. The number of carbonyl (C=O) groups is 1. The second-order valence-electron chi connectivity index (χ2n) is 2.12. The van der Waals surface area contributed by atoms with Crippen LogP contribution in [0.15, 0.2) is 0 Å². The second-order valence-corrected chi connectivity index (χ2v) is 2.12. The van der Waals surface area contributed by atoms with E-state index in [9.17, 15) is 18.0 Å². The number of hydrogen-bond acceptors (Lipinski definition) is 2. The fourth-order valence-electron chi connectivity index (χ4n) is 0.404. The molecule has 0 fully saturated rings. The zero-order valence-electron chi connectivity index (χ0n) is 6.07. The minimum Gasteiger partial charge on any atom is -0.372 e. The molecule has 2 nitrogen and oxygen atoms in total. The Morgan fingerprint density at radius 1 is 1.45 bits per heavy atom. The number of Topliss-reactive ketones (excluding diaryl/α,β-unsaturated/α-hetero) is 1. The van der Waals surface area contributed by atoms with Gasteiger partial charge in [-0.15, -0.1) is 0 Å². The van der Waals surface area contributed by atoms with Gasteiger partial charge in [-0.05, 0) is 6.92 Å². The molecule has 0 bridgehead atoms. The van der Waals surface area contributed by atoms with Crippen molar-refractivity contribution in [1.29, 1.82) is 0 Å². The van der Waals surface area contributed by atoms with E-state index in [2.05, 4.69) is 4.74 Å². The van der Waals surface area contributed by atoms with Gasteiger partial charge < -0.3 is 4.74 Å². The average molecular weight is 170 g/mol. The summed E-state index contributed by atoms with van der Waals surface area (Å²) in [6.07, 6.45) is -4.26. The summed E-state index contributed by atoms with van der Waals surface area (Å²) in [5.41, 5.74) is 0. The van der Waals surface area contributed by atoms with Crippen LogP contribution in [0.5, 0.6) is 0 Å². The van der Waals surface area contributed by atoms with Crippen molar-refractivity contribution in [3.05, 3.63) is 0 Å². The fraction of sp³-hybridized carbons (Fsp3) is 0.833. The number of halogens is 3. The third-order valence-corrected chi connectivity index (χ3v) is 0.864. The lowest BCUT2D eigenvalue weighted by atomic mass is 10.3. The first-order valence-corrected chi connectivity index (χ1v) is 3.06. The maximum absolute atomic E-state index is 11.4. The highest BCUT2D eigenvalue weighted by Crippen LogP contribution is 2.14. The van der Waals surface area contributed by atoms with Crippen molar-refractivity contribution in [2.75, 3.05) is 13.2 Å². The summed E-state index contributed by atoms with van der Waals surface area (Å²) < 4.78 is 38.3. The lowest BCUT2D eigenvalue weighted by Gasteiger charge is -2.05. The van der Waals surface area contributed by atoms with E-state index in [1.807, 2.05) is 0 Å². The Hall–Kier alpha value is -0.580. The van der Waals surface area contributed by atoms with Crippen molar-refractivity contribution >= 4 is 5.78 Å². The van der Waals surface area contributed by atoms with E-state index in [0.29, 0.717) is 0 Å². The number of alkyl halides is 3. The van der Waals surface area contributed by atoms with Gasteiger partial charge in [0.25, 0.3) is 0 Å². The summed E-state index contributed by atoms with van der Waals surface area (Å²) >= 11 is 0. The van der Waals surface area contributed by atoms with Crippen molar-refractivity contribution in [1.82, 2.24) is 0 Å². The minimum atomic E-state index is -4.29. The molecule has 0 aliphatic heterocycles. The summed E-state index contributed by atoms with van der Waals surface area (Å²) in [7, 11) is 0. The molecule has 0 aliphatic rings. The van der Waals surface area contributed by atoms with Crippen LogP contribution in [-0.4, -0.2) is 25.2 Å². The quantitative estimate of drug-likeness (QED) is 0.598. The van der Waals surface area contributed by atoms with E-state index >= 15 is 0 Å². The van der Waals surface area contributed by atoms with Crippen LogP contribution >= 0.6 is 0 Å². The SMILES string of the molecule is CC(=O)CCOCC(F)(F)F. The molecular formula is C6H9F3O2. The van der Waals surface area contributed by atoms with Gasteiger partial charge >= 0.3 is 6.18 Å². The van der Waals surface area contributed by atoms with E-state index in [4.69, 9.17) is 0 Å². The van der Waals surface area contributed by atoms with Crippen molar-refractivity contribution in [3.8, 4) is 0 Å². The van der Waals surface area contributed by atoms with E-state index in [1.165, 1.54) is 6.92 Å². The average Bonchev–Trinajstić information content (AvgIpc) is 1.78. The van der Waals surface area contributed by atoms with Gasteiger partial charge in [-0.25, -0.2) is 0 Å². The Labute approximate surface area is 62.3 Å². The summed E-state index contributed by atoms with van der Waals surface area (Å²) in [6, 6.07) is 0. The van der Waals surface area contributed by atoms with Gasteiger partial charge in [-0.1, -0.05) is 0 Å². The predicted octanol–water partition coefficient (Wildman–Crippen LogP) is 1.54. The largest absolute Gasteiger partial charge is 0.411 e. The molecule has 0 aromatic rings. The molecule has 5 heteroatoms. The highest BCUT2D eigenvalue weighted by Gasteiger charge is 2.27. The Morgan fingerprint density at radius 2 is 2.00 bits per heavy atom. The molecule has 0 radical (unpaired) electrons. The Bertz CT molecular complexity index is 130. The first-order valence-electron chi connectivity index (χ1n) is 3.06. The van der Waals surface area contributed by atoms with Gasteiger partial charge in [0, 0.05) is 6.42 Å². The van der Waals surface area contributed by atoms with Gasteiger partial charge in [0.05, 0.1) is 6.61 Å². The summed E-state index contributed by atoms with van der Waals surface area (Å²) in [6.45, 7) is -0.133. The molecule has 0 N–H and O–H groups in total. The fourth-order valence-corrected chi connectivity index (χ4v) is 0.404. The monoisotopic (exact) mass is 170 g/mol. The van der Waals surface area contributed by atoms with Crippen molar-refractivity contribution in [3.63, 3.8) is 0 Å². The molecule has 0 saturated carbocycles. The van der Waals surface area contributed by atoms with Gasteiger partial charge in [-0.2, -0.15) is 13.2 Å². The maximum atomic E-state index is 11.4. The molecule has 0 aromatic heterocycles. The number of carbonyl (C=O) groups excluding carboxylic acids is 1. The molecule has 0 aromatic carbocycles. The summed E-state index contributed by atoms with van der Waals surface area (Å²) in [4.78, 5) is 10.2. The van der Waals surface area contributed by atoms with Gasteiger partial charge in [0.2, 0.25) is 0 Å². The highest BCUT2D eigenvalue weighted by molar-refractivity contribution is 5.75. The van der Waals surface area contributed by atoms with Crippen molar-refractivity contribution in [2.24, 2.45) is 0 Å². The second kappa shape index (κ2) is 4.33. The summed E-state index contributed by atoms with van der Waals surface area (Å²) in [5.74, 6) is -0.174. The van der Waals surface area contributed by atoms with Crippen LogP contribution in [0.2, 0.25) is 0 Å². The van der Waals surface area contributed by atoms with Crippen LogP contribution in [0, 0.1) is 0 Å². The zero-order chi connectivity index (χ0) is 8.91. The molecular weight excluding hydrogens is 161 g/mol. The molecule has 0 heterocycles. The number of rotatable bonds is 4. The van der Waals surface area contributed by atoms with E-state index in [1.54, 1.807) is 0 Å². The van der Waals surface area contributed by atoms with Crippen LogP contribution in [-0.2, 0) is 9.53 Å². The van der Waals surface area contributed by atoms with Gasteiger partial charge in [0.1, 0.15) is 12.4 Å². The Balaban J connectivity index is 3.22. The first kappa shape index (κ1) is 10.4. The number of ketones is 1. The predicted molar refractivity (Wildman–Crippen MR) is 32.2 cm³/mol. The van der Waals surface area contributed by atoms with E-state index in [0.717, 1.165) is 0 Å². The Kier molecular flexibility index (Phi) is 4.10. The minimum absolute atomic E-state index is 0.0378. The lowest BCUT2D eigenvalue weighted by molar-refractivity contribution is -0.174. The molecule has 11 heavy (non-hydrogen) atoms. The van der Waals surface area contributed by atoms with Crippen LogP contribution in [0.25, 0.3) is 0 Å². The standard InChI is InChI=1S/C6H9F3O2/c1-5(10)2-3-11-4-6(7,8)9/h2-4H2,1H3. The molecule has 0 aliphatic carbocycles. The smallest absolute Gasteiger partial charge is 0.372 e. The molecule has 0 atom stereocenters. The van der Waals surface area contributed by atoms with Crippen LogP contribution in [0.3, 0.4) is 0 Å². The summed E-state index contributed by atoms with van der Waals surface area (Å²) in [5, 5.41) is 0. The number of hydrogen-bond donors (Lipinski definition) is 0. The Morgan fingerprint density at radius 3 is 2.36 bits per heavy atom. The van der Waals surface area contributed by atoms with Crippen LogP contribution < -0.4 is 0 Å². The van der Waals surface area contributed by atoms with E-state index < -0.39 is 12.8 Å². The van der Waals surface area contributed by atoms with E-state index in [-0.39, 0.29) is 18.8 Å². The third-order valence-electron chi connectivity index (χ3n) is 0.864. The molecule has 0 rings (SSSR count). The maximum Gasteiger partial charge on any atom is 0.411 e. The molecule has 0 spiro atoms. The topological polar surface area (TPSA) is 26.3 Å². The first-order chi connectivity index (χ1) is 4.92. The molecule has 0 amide bonds. The van der Waals surface area contributed by atoms with Crippen LogP contribution in [0.1, 0.15) is 13.3 Å². The third kappa shape index (κ3) is 9.42. The van der Waals surface area contributed by atoms with Crippen molar-refractivity contribution in [2.45, 2.75) is 19.5 Å². The highest BCUT2D eigenvalue weighted by atomic mass is 19.4. The molecule has 0 saturated heterocycles. The van der Waals surface area contributed by atoms with Crippen molar-refractivity contribution < 1.29 is 22.7 Å². The zero-order valence-corrected chi connectivity index (χ0v) is 6.07. The lowest BCUT2D eigenvalue weighted by Crippen LogP contribution is -2.17. The van der Waals surface area contributed by atoms with Gasteiger partial charge in [-0.3, -0.25) is 4.79 Å². The normalized spacial score (nSPS) is 11.6. The van der Waals surface area contributed by atoms with Gasteiger partial charge in [0.15, 0.2) is 0 Å².